The number of amides is 2. The van der Waals surface area contributed by atoms with Crippen LogP contribution in [0.3, 0.4) is 0 Å². The molecule has 0 unspecified atom stereocenters. The van der Waals surface area contributed by atoms with Crippen LogP contribution in [-0.4, -0.2) is 25.0 Å². The minimum atomic E-state index is -2.90. The maximum Gasteiger partial charge on any atom is 0.387 e. The molecule has 2 amide bonds. The van der Waals surface area contributed by atoms with Crippen molar-refractivity contribution in [1.82, 2.24) is 0 Å². The molecule has 0 radical (unpaired) electrons. The summed E-state index contributed by atoms with van der Waals surface area (Å²) in [4.78, 5) is 22.5. The Morgan fingerprint density at radius 1 is 1.04 bits per heavy atom. The first-order valence-corrected chi connectivity index (χ1v) is 7.47. The number of primary amides is 1. The first kappa shape index (κ1) is 18.9. The highest BCUT2D eigenvalue weighted by molar-refractivity contribution is 6.01. The molecule has 136 valence electrons. The minimum Gasteiger partial charge on any atom is -0.484 e. The number of benzene rings is 2. The Hall–Kier alpha value is -3.42. The van der Waals surface area contributed by atoms with Gasteiger partial charge in [0.25, 0.3) is 5.91 Å². The molecule has 6 nitrogen and oxygen atoms in total. The fourth-order valence-corrected chi connectivity index (χ4v) is 1.91. The number of halogens is 2. The Bertz CT molecular complexity index is 775. The van der Waals surface area contributed by atoms with Crippen LogP contribution in [0.15, 0.2) is 54.6 Å². The van der Waals surface area contributed by atoms with Crippen LogP contribution < -0.4 is 20.5 Å². The van der Waals surface area contributed by atoms with Crippen LogP contribution in [-0.2, 0) is 9.59 Å². The second-order valence-corrected chi connectivity index (χ2v) is 5.05. The van der Waals surface area contributed by atoms with Gasteiger partial charge >= 0.3 is 6.61 Å². The van der Waals surface area contributed by atoms with Crippen LogP contribution in [0.4, 0.5) is 14.5 Å². The summed E-state index contributed by atoms with van der Waals surface area (Å²) in [6.45, 7) is -3.11. The lowest BCUT2D eigenvalue weighted by atomic mass is 10.2. The topological polar surface area (TPSA) is 90.7 Å². The number of carbonyl (C=O) groups excluding carboxylic acids is 2. The van der Waals surface area contributed by atoms with E-state index in [0.717, 1.165) is 5.56 Å². The van der Waals surface area contributed by atoms with Crippen molar-refractivity contribution in [2.24, 2.45) is 5.73 Å². The Morgan fingerprint density at radius 3 is 2.23 bits per heavy atom. The molecule has 0 aromatic heterocycles. The van der Waals surface area contributed by atoms with Crippen LogP contribution in [0.5, 0.6) is 11.5 Å². The molecule has 0 aliphatic rings. The number of ether oxygens (including phenoxy) is 2. The van der Waals surface area contributed by atoms with E-state index >= 15 is 0 Å². The van der Waals surface area contributed by atoms with Crippen molar-refractivity contribution in [1.29, 1.82) is 0 Å². The van der Waals surface area contributed by atoms with Crippen LogP contribution >= 0.6 is 0 Å². The van der Waals surface area contributed by atoms with E-state index < -0.39 is 12.5 Å². The molecule has 3 N–H and O–H groups in total. The molecule has 0 aliphatic heterocycles. The summed E-state index contributed by atoms with van der Waals surface area (Å²) < 4.78 is 33.5. The molecule has 26 heavy (non-hydrogen) atoms. The minimum absolute atomic E-state index is 0.00665. The number of carbonyl (C=O) groups is 2. The van der Waals surface area contributed by atoms with Crippen molar-refractivity contribution in [3.63, 3.8) is 0 Å². The van der Waals surface area contributed by atoms with E-state index in [9.17, 15) is 18.4 Å². The summed E-state index contributed by atoms with van der Waals surface area (Å²) in [7, 11) is 0. The van der Waals surface area contributed by atoms with Gasteiger partial charge in [-0.3, -0.25) is 9.59 Å². The Kier molecular flexibility index (Phi) is 6.67. The van der Waals surface area contributed by atoms with E-state index in [0.29, 0.717) is 11.4 Å². The average molecular weight is 362 g/mol. The molecule has 2 rings (SSSR count). The first-order chi connectivity index (χ1) is 12.4. The molecule has 0 spiro atoms. The number of nitrogens with one attached hydrogen (secondary N) is 1. The molecule has 2 aromatic carbocycles. The molecule has 0 saturated heterocycles. The van der Waals surface area contributed by atoms with E-state index in [2.05, 4.69) is 10.1 Å². The number of hydrogen-bond acceptors (Lipinski definition) is 4. The molecular weight excluding hydrogens is 346 g/mol. The maximum absolute atomic E-state index is 12.1. The smallest absolute Gasteiger partial charge is 0.387 e. The summed E-state index contributed by atoms with van der Waals surface area (Å²) in [5.74, 6) is -0.468. The number of anilines is 1. The van der Waals surface area contributed by atoms with Crippen LogP contribution in [0.2, 0.25) is 0 Å². The van der Waals surface area contributed by atoms with Gasteiger partial charge in [-0.1, -0.05) is 12.1 Å². The Labute approximate surface area is 148 Å². The highest BCUT2D eigenvalue weighted by atomic mass is 19.3. The summed E-state index contributed by atoms with van der Waals surface area (Å²) >= 11 is 0. The van der Waals surface area contributed by atoms with Crippen LogP contribution in [0.1, 0.15) is 5.56 Å². The monoisotopic (exact) mass is 362 g/mol. The van der Waals surface area contributed by atoms with Gasteiger partial charge in [0, 0.05) is 11.8 Å². The van der Waals surface area contributed by atoms with Crippen molar-refractivity contribution in [2.75, 3.05) is 11.9 Å². The highest BCUT2D eigenvalue weighted by Crippen LogP contribution is 2.18. The zero-order valence-corrected chi connectivity index (χ0v) is 13.5. The van der Waals surface area contributed by atoms with E-state index in [-0.39, 0.29) is 18.3 Å². The third-order valence-corrected chi connectivity index (χ3v) is 3.04. The fraction of sp³-hybridized carbons (Fsp3) is 0.111. The summed E-state index contributed by atoms with van der Waals surface area (Å²) in [5.41, 5.74) is 6.17. The van der Waals surface area contributed by atoms with Gasteiger partial charge in [-0.05, 0) is 48.0 Å². The predicted octanol–water partition coefficient (Wildman–Crippen LogP) is 2.80. The molecule has 8 heteroatoms. The molecule has 0 aliphatic carbocycles. The summed E-state index contributed by atoms with van der Waals surface area (Å²) in [6.07, 6.45) is 2.91. The van der Waals surface area contributed by atoms with Gasteiger partial charge in [-0.15, -0.1) is 0 Å². The van der Waals surface area contributed by atoms with E-state index in [1.54, 1.807) is 30.3 Å². The fourth-order valence-electron chi connectivity index (χ4n) is 1.91. The van der Waals surface area contributed by atoms with E-state index in [1.165, 1.54) is 30.3 Å². The Balaban J connectivity index is 1.87. The van der Waals surface area contributed by atoms with Crippen molar-refractivity contribution in [3.8, 4) is 11.5 Å². The number of nitrogens with two attached hydrogens (primary N) is 1. The van der Waals surface area contributed by atoms with Gasteiger partial charge in [0.15, 0.2) is 6.61 Å². The lowest BCUT2D eigenvalue weighted by Crippen LogP contribution is -2.19. The zero-order chi connectivity index (χ0) is 18.9. The van der Waals surface area contributed by atoms with Crippen molar-refractivity contribution in [3.05, 3.63) is 60.2 Å². The van der Waals surface area contributed by atoms with Gasteiger partial charge in [0.05, 0.1) is 0 Å². The van der Waals surface area contributed by atoms with E-state index in [4.69, 9.17) is 10.5 Å². The van der Waals surface area contributed by atoms with Gasteiger partial charge in [-0.25, -0.2) is 0 Å². The van der Waals surface area contributed by atoms with Gasteiger partial charge < -0.3 is 20.5 Å². The zero-order valence-electron chi connectivity index (χ0n) is 13.5. The average Bonchev–Trinajstić information content (AvgIpc) is 2.60. The lowest BCUT2D eigenvalue weighted by molar-refractivity contribution is -0.120. The van der Waals surface area contributed by atoms with Crippen LogP contribution in [0, 0.1) is 0 Å². The lowest BCUT2D eigenvalue weighted by Gasteiger charge is -2.06. The molecular formula is C18H16F2N2O4. The third-order valence-electron chi connectivity index (χ3n) is 3.04. The molecule has 2 aromatic rings. The molecule has 0 saturated carbocycles. The van der Waals surface area contributed by atoms with Crippen LogP contribution in [0.25, 0.3) is 6.08 Å². The standard InChI is InChI=1S/C18H16F2N2O4/c19-18(20)26-15-8-4-13(5-9-15)22-17(24)10-3-12-1-6-14(7-2-12)25-11-16(21)23/h1-10,18H,11H2,(H2,21,23)(H,22,24)/b10-3+. The summed E-state index contributed by atoms with van der Waals surface area (Å²) in [6, 6.07) is 12.3. The molecule has 0 atom stereocenters. The van der Waals surface area contributed by atoms with E-state index in [1.807, 2.05) is 0 Å². The molecule has 0 fully saturated rings. The Morgan fingerprint density at radius 2 is 1.65 bits per heavy atom. The normalized spacial score (nSPS) is 10.7. The molecule has 0 bridgehead atoms. The second kappa shape index (κ2) is 9.16. The quantitative estimate of drug-likeness (QED) is 0.707. The number of alkyl halides is 2. The highest BCUT2D eigenvalue weighted by Gasteiger charge is 2.04. The second-order valence-electron chi connectivity index (χ2n) is 5.05. The summed E-state index contributed by atoms with van der Waals surface area (Å²) in [5, 5.41) is 2.59. The number of rotatable bonds is 8. The first-order valence-electron chi connectivity index (χ1n) is 7.47. The maximum atomic E-state index is 12.1. The predicted molar refractivity (Wildman–Crippen MR) is 91.9 cm³/mol. The van der Waals surface area contributed by atoms with Crippen molar-refractivity contribution in [2.45, 2.75) is 6.61 Å². The van der Waals surface area contributed by atoms with Gasteiger partial charge in [0.2, 0.25) is 5.91 Å². The van der Waals surface area contributed by atoms with Crippen molar-refractivity contribution < 1.29 is 27.8 Å². The van der Waals surface area contributed by atoms with Gasteiger partial charge in [-0.2, -0.15) is 8.78 Å². The largest absolute Gasteiger partial charge is 0.484 e. The molecule has 0 heterocycles. The third kappa shape index (κ3) is 6.60. The van der Waals surface area contributed by atoms with Gasteiger partial charge in [0.1, 0.15) is 11.5 Å². The number of hydrogen-bond donors (Lipinski definition) is 2. The SMILES string of the molecule is NC(=O)COc1ccc(/C=C/C(=O)Nc2ccc(OC(F)F)cc2)cc1. The van der Waals surface area contributed by atoms with Crippen molar-refractivity contribution >= 4 is 23.6 Å².